The molecule has 1 aromatic carbocycles. The summed E-state index contributed by atoms with van der Waals surface area (Å²) in [5.41, 5.74) is 0.468. The Morgan fingerprint density at radius 2 is 2.10 bits per heavy atom. The molecule has 0 aromatic heterocycles. The van der Waals surface area contributed by atoms with Crippen LogP contribution in [0.2, 0.25) is 0 Å². The first kappa shape index (κ1) is 17.4. The van der Waals surface area contributed by atoms with Crippen LogP contribution in [0.4, 0.5) is 9.18 Å². The van der Waals surface area contributed by atoms with E-state index in [1.54, 1.807) is 6.07 Å². The SMILES string of the molecule is CN(CCCNC(=O)OC(C)(C)C)Cc1cccc(F)c1. The van der Waals surface area contributed by atoms with Gasteiger partial charge in [-0.05, 0) is 58.5 Å². The standard InChI is InChI=1S/C16H25FN2O2/c1-16(2,3)21-15(20)18-9-6-10-19(4)12-13-7-5-8-14(17)11-13/h5,7-8,11H,6,9-10,12H2,1-4H3,(H,18,20). The highest BCUT2D eigenvalue weighted by atomic mass is 19.1. The van der Waals surface area contributed by atoms with Crippen LogP contribution in [-0.2, 0) is 11.3 Å². The molecule has 118 valence electrons. The predicted octanol–water partition coefficient (Wildman–Crippen LogP) is 3.17. The molecule has 0 bridgehead atoms. The van der Waals surface area contributed by atoms with E-state index >= 15 is 0 Å². The molecule has 0 atom stereocenters. The van der Waals surface area contributed by atoms with Gasteiger partial charge in [0.15, 0.2) is 0 Å². The monoisotopic (exact) mass is 296 g/mol. The normalized spacial score (nSPS) is 11.5. The third kappa shape index (κ3) is 8.30. The Bertz CT molecular complexity index is 458. The topological polar surface area (TPSA) is 41.6 Å². The third-order valence-electron chi connectivity index (χ3n) is 2.73. The van der Waals surface area contributed by atoms with Gasteiger partial charge >= 0.3 is 6.09 Å². The van der Waals surface area contributed by atoms with E-state index in [0.29, 0.717) is 13.1 Å². The number of hydrogen-bond acceptors (Lipinski definition) is 3. The van der Waals surface area contributed by atoms with Crippen LogP contribution in [0.5, 0.6) is 0 Å². The lowest BCUT2D eigenvalue weighted by Gasteiger charge is -2.20. The van der Waals surface area contributed by atoms with Crippen molar-refractivity contribution in [2.45, 2.75) is 39.3 Å². The zero-order valence-corrected chi connectivity index (χ0v) is 13.3. The van der Waals surface area contributed by atoms with Crippen molar-refractivity contribution >= 4 is 6.09 Å². The Morgan fingerprint density at radius 1 is 1.38 bits per heavy atom. The highest BCUT2D eigenvalue weighted by Crippen LogP contribution is 2.07. The van der Waals surface area contributed by atoms with Crippen LogP contribution < -0.4 is 5.32 Å². The lowest BCUT2D eigenvalue weighted by atomic mass is 10.2. The van der Waals surface area contributed by atoms with Crippen molar-refractivity contribution in [3.63, 3.8) is 0 Å². The number of nitrogens with one attached hydrogen (secondary N) is 1. The maximum Gasteiger partial charge on any atom is 0.407 e. The number of carbonyl (C=O) groups is 1. The summed E-state index contributed by atoms with van der Waals surface area (Å²) in [4.78, 5) is 13.5. The second-order valence-corrected chi connectivity index (χ2v) is 6.15. The summed E-state index contributed by atoms with van der Waals surface area (Å²) in [6.07, 6.45) is 0.417. The fourth-order valence-corrected chi connectivity index (χ4v) is 1.88. The van der Waals surface area contributed by atoms with Crippen LogP contribution in [0.25, 0.3) is 0 Å². The van der Waals surface area contributed by atoms with Gasteiger partial charge in [-0.1, -0.05) is 12.1 Å². The fraction of sp³-hybridized carbons (Fsp3) is 0.562. The first-order valence-electron chi connectivity index (χ1n) is 7.16. The fourth-order valence-electron chi connectivity index (χ4n) is 1.88. The first-order valence-corrected chi connectivity index (χ1v) is 7.16. The van der Waals surface area contributed by atoms with E-state index in [1.165, 1.54) is 12.1 Å². The molecule has 0 aliphatic carbocycles. The van der Waals surface area contributed by atoms with Crippen molar-refractivity contribution in [3.05, 3.63) is 35.6 Å². The van der Waals surface area contributed by atoms with E-state index in [-0.39, 0.29) is 5.82 Å². The lowest BCUT2D eigenvalue weighted by Crippen LogP contribution is -2.34. The summed E-state index contributed by atoms with van der Waals surface area (Å²) < 4.78 is 18.2. The number of alkyl carbamates (subject to hydrolysis) is 1. The molecule has 4 nitrogen and oxygen atoms in total. The van der Waals surface area contributed by atoms with E-state index in [2.05, 4.69) is 10.2 Å². The average molecular weight is 296 g/mol. The second-order valence-electron chi connectivity index (χ2n) is 6.15. The molecule has 0 fully saturated rings. The molecule has 0 aliphatic heterocycles. The van der Waals surface area contributed by atoms with E-state index in [1.807, 2.05) is 33.9 Å². The predicted molar refractivity (Wildman–Crippen MR) is 81.6 cm³/mol. The maximum atomic E-state index is 13.1. The number of amides is 1. The number of carbonyl (C=O) groups excluding carboxylic acids is 1. The average Bonchev–Trinajstić information content (AvgIpc) is 2.32. The Balaban J connectivity index is 2.19. The molecular weight excluding hydrogens is 271 g/mol. The van der Waals surface area contributed by atoms with Crippen LogP contribution in [0, 0.1) is 5.82 Å². The van der Waals surface area contributed by atoms with Gasteiger partial charge in [-0.2, -0.15) is 0 Å². The van der Waals surface area contributed by atoms with E-state index in [4.69, 9.17) is 4.74 Å². The van der Waals surface area contributed by atoms with Gasteiger partial charge in [0.2, 0.25) is 0 Å². The zero-order chi connectivity index (χ0) is 15.9. The number of nitrogens with zero attached hydrogens (tertiary/aromatic N) is 1. The lowest BCUT2D eigenvalue weighted by molar-refractivity contribution is 0.0526. The molecule has 0 saturated carbocycles. The van der Waals surface area contributed by atoms with Gasteiger partial charge in [0.1, 0.15) is 11.4 Å². The molecule has 0 heterocycles. The van der Waals surface area contributed by atoms with Gasteiger partial charge in [-0.15, -0.1) is 0 Å². The second kappa shape index (κ2) is 7.98. The molecule has 1 N–H and O–H groups in total. The van der Waals surface area contributed by atoms with Crippen LogP contribution >= 0.6 is 0 Å². The summed E-state index contributed by atoms with van der Waals surface area (Å²) in [5, 5.41) is 2.72. The summed E-state index contributed by atoms with van der Waals surface area (Å²) in [7, 11) is 1.97. The number of hydrogen-bond donors (Lipinski definition) is 1. The van der Waals surface area contributed by atoms with Crippen LogP contribution in [0.3, 0.4) is 0 Å². The number of rotatable bonds is 6. The third-order valence-corrected chi connectivity index (χ3v) is 2.73. The van der Waals surface area contributed by atoms with Crippen molar-refractivity contribution in [2.24, 2.45) is 0 Å². The van der Waals surface area contributed by atoms with Crippen molar-refractivity contribution in [2.75, 3.05) is 20.1 Å². The Hall–Kier alpha value is -1.62. The van der Waals surface area contributed by atoms with Gasteiger partial charge in [-0.25, -0.2) is 9.18 Å². The summed E-state index contributed by atoms with van der Waals surface area (Å²) in [6, 6.07) is 6.59. The van der Waals surface area contributed by atoms with Gasteiger partial charge in [0.25, 0.3) is 0 Å². The minimum absolute atomic E-state index is 0.215. The first-order chi connectivity index (χ1) is 9.76. The summed E-state index contributed by atoms with van der Waals surface area (Å²) in [5.74, 6) is -0.215. The Kier molecular flexibility index (Phi) is 6.62. The van der Waals surface area contributed by atoms with Crippen molar-refractivity contribution < 1.29 is 13.9 Å². The van der Waals surface area contributed by atoms with E-state index in [9.17, 15) is 9.18 Å². The highest BCUT2D eigenvalue weighted by Gasteiger charge is 2.15. The maximum absolute atomic E-state index is 13.1. The van der Waals surface area contributed by atoms with Crippen LogP contribution in [-0.4, -0.2) is 36.7 Å². The van der Waals surface area contributed by atoms with Crippen molar-refractivity contribution in [1.29, 1.82) is 0 Å². The molecule has 0 saturated heterocycles. The Morgan fingerprint density at radius 3 is 2.71 bits per heavy atom. The molecule has 1 aromatic rings. The van der Waals surface area contributed by atoms with Crippen molar-refractivity contribution in [3.8, 4) is 0 Å². The zero-order valence-electron chi connectivity index (χ0n) is 13.3. The highest BCUT2D eigenvalue weighted by molar-refractivity contribution is 5.67. The quantitative estimate of drug-likeness (QED) is 0.820. The molecule has 0 spiro atoms. The van der Waals surface area contributed by atoms with Gasteiger partial charge < -0.3 is 15.0 Å². The smallest absolute Gasteiger partial charge is 0.407 e. The summed E-state index contributed by atoms with van der Waals surface area (Å²) in [6.45, 7) is 7.55. The summed E-state index contributed by atoms with van der Waals surface area (Å²) >= 11 is 0. The van der Waals surface area contributed by atoms with Gasteiger partial charge in [0, 0.05) is 13.1 Å². The minimum atomic E-state index is -0.474. The minimum Gasteiger partial charge on any atom is -0.444 e. The molecule has 5 heteroatoms. The van der Waals surface area contributed by atoms with Crippen LogP contribution in [0.15, 0.2) is 24.3 Å². The van der Waals surface area contributed by atoms with Crippen molar-refractivity contribution in [1.82, 2.24) is 10.2 Å². The number of benzene rings is 1. The van der Waals surface area contributed by atoms with E-state index < -0.39 is 11.7 Å². The van der Waals surface area contributed by atoms with E-state index in [0.717, 1.165) is 18.5 Å². The van der Waals surface area contributed by atoms with Gasteiger partial charge in [0.05, 0.1) is 0 Å². The molecule has 0 aliphatic rings. The Labute approximate surface area is 126 Å². The van der Waals surface area contributed by atoms with Gasteiger partial charge in [-0.3, -0.25) is 0 Å². The largest absolute Gasteiger partial charge is 0.444 e. The molecule has 1 rings (SSSR count). The molecule has 0 radical (unpaired) electrons. The van der Waals surface area contributed by atoms with Crippen LogP contribution in [0.1, 0.15) is 32.8 Å². The number of ether oxygens (including phenoxy) is 1. The number of halogens is 1. The molecule has 1 amide bonds. The molecule has 21 heavy (non-hydrogen) atoms. The molecular formula is C16H25FN2O2. The molecule has 0 unspecified atom stereocenters.